The van der Waals surface area contributed by atoms with Crippen LogP contribution in [0.4, 0.5) is 5.82 Å². The van der Waals surface area contributed by atoms with E-state index < -0.39 is 0 Å². The summed E-state index contributed by atoms with van der Waals surface area (Å²) < 4.78 is 5.78. The number of aromatic nitrogens is 3. The van der Waals surface area contributed by atoms with Crippen molar-refractivity contribution in [1.29, 1.82) is 10.5 Å². The highest BCUT2D eigenvalue weighted by Gasteiger charge is 2.24. The van der Waals surface area contributed by atoms with Crippen molar-refractivity contribution in [2.45, 2.75) is 18.0 Å². The number of nitriles is 2. The monoisotopic (exact) mass is 366 g/mol. The van der Waals surface area contributed by atoms with Crippen LogP contribution in [0.15, 0.2) is 29.7 Å². The number of piperidine rings is 1. The Morgan fingerprint density at radius 3 is 3.00 bits per heavy atom. The molecular weight excluding hydrogens is 348 g/mol. The quantitative estimate of drug-likeness (QED) is 0.588. The van der Waals surface area contributed by atoms with Gasteiger partial charge >= 0.3 is 0 Å². The number of hydrogen-bond acceptors (Lipinski definition) is 8. The number of rotatable bonds is 5. The Hall–Kier alpha value is -2.84. The van der Waals surface area contributed by atoms with E-state index in [2.05, 4.69) is 32.0 Å². The standard InChI is InChI=1S/C18H18N6OS/c1-26-18-22-10-15(9-20)17(23-18)24-6-2-3-14(11-24)12-25-16-7-13(8-19)4-5-21-16/h4-5,7,10,14H,2-3,6,11-12H2,1H3. The van der Waals surface area contributed by atoms with Gasteiger partial charge in [-0.3, -0.25) is 0 Å². The minimum atomic E-state index is 0.301. The van der Waals surface area contributed by atoms with E-state index in [0.717, 1.165) is 25.9 Å². The van der Waals surface area contributed by atoms with Crippen LogP contribution in [0.2, 0.25) is 0 Å². The number of pyridine rings is 1. The van der Waals surface area contributed by atoms with Gasteiger partial charge in [0.15, 0.2) is 11.0 Å². The summed E-state index contributed by atoms with van der Waals surface area (Å²) in [7, 11) is 0. The van der Waals surface area contributed by atoms with Crippen molar-refractivity contribution in [3.63, 3.8) is 0 Å². The van der Waals surface area contributed by atoms with Gasteiger partial charge in [-0.2, -0.15) is 10.5 Å². The van der Waals surface area contributed by atoms with Crippen molar-refractivity contribution in [2.75, 3.05) is 30.9 Å². The molecule has 3 heterocycles. The van der Waals surface area contributed by atoms with E-state index >= 15 is 0 Å². The second-order valence-electron chi connectivity index (χ2n) is 5.97. The van der Waals surface area contributed by atoms with Crippen LogP contribution >= 0.6 is 11.8 Å². The number of ether oxygens (including phenoxy) is 1. The third-order valence-corrected chi connectivity index (χ3v) is 4.76. The molecule has 7 nitrogen and oxygen atoms in total. The molecule has 132 valence electrons. The van der Waals surface area contributed by atoms with Gasteiger partial charge in [-0.15, -0.1) is 0 Å². The van der Waals surface area contributed by atoms with E-state index in [1.54, 1.807) is 24.5 Å². The summed E-state index contributed by atoms with van der Waals surface area (Å²) in [6.07, 6.45) is 7.12. The summed E-state index contributed by atoms with van der Waals surface area (Å²) in [4.78, 5) is 15.0. The third kappa shape index (κ3) is 4.22. The Morgan fingerprint density at radius 1 is 1.35 bits per heavy atom. The van der Waals surface area contributed by atoms with Gasteiger partial charge in [0.2, 0.25) is 5.88 Å². The Bertz CT molecular complexity index is 859. The normalized spacial score (nSPS) is 16.6. The highest BCUT2D eigenvalue weighted by Crippen LogP contribution is 2.26. The summed E-state index contributed by atoms with van der Waals surface area (Å²) in [6.45, 7) is 2.14. The van der Waals surface area contributed by atoms with Crippen LogP contribution in [0, 0.1) is 28.6 Å². The van der Waals surface area contributed by atoms with Gasteiger partial charge in [-0.05, 0) is 25.2 Å². The maximum atomic E-state index is 9.36. The molecule has 1 fully saturated rings. The molecule has 1 aliphatic rings. The lowest BCUT2D eigenvalue weighted by Gasteiger charge is -2.33. The highest BCUT2D eigenvalue weighted by molar-refractivity contribution is 7.98. The third-order valence-electron chi connectivity index (χ3n) is 4.20. The van der Waals surface area contributed by atoms with Crippen molar-refractivity contribution in [3.05, 3.63) is 35.7 Å². The molecule has 0 bridgehead atoms. The van der Waals surface area contributed by atoms with E-state index in [0.29, 0.717) is 40.5 Å². The van der Waals surface area contributed by atoms with Gasteiger partial charge in [0.25, 0.3) is 0 Å². The molecule has 1 unspecified atom stereocenters. The molecular formula is C18H18N6OS. The van der Waals surface area contributed by atoms with Gasteiger partial charge in [-0.25, -0.2) is 15.0 Å². The first kappa shape index (κ1) is 18.0. The zero-order valence-electron chi connectivity index (χ0n) is 14.4. The second kappa shape index (κ2) is 8.50. The van der Waals surface area contributed by atoms with Crippen LogP contribution in [0.1, 0.15) is 24.0 Å². The molecule has 0 N–H and O–H groups in total. The van der Waals surface area contributed by atoms with E-state index in [4.69, 9.17) is 10.00 Å². The van der Waals surface area contributed by atoms with Crippen LogP contribution in [-0.4, -0.2) is 40.9 Å². The SMILES string of the molecule is CSc1ncc(C#N)c(N2CCCC(COc3cc(C#N)ccn3)C2)n1. The van der Waals surface area contributed by atoms with Crippen molar-refractivity contribution >= 4 is 17.6 Å². The van der Waals surface area contributed by atoms with Crippen molar-refractivity contribution in [3.8, 4) is 18.0 Å². The molecule has 0 spiro atoms. The van der Waals surface area contributed by atoms with Crippen molar-refractivity contribution in [2.24, 2.45) is 5.92 Å². The van der Waals surface area contributed by atoms with E-state index in [1.165, 1.54) is 11.8 Å². The van der Waals surface area contributed by atoms with E-state index in [9.17, 15) is 5.26 Å². The lowest BCUT2D eigenvalue weighted by atomic mass is 9.98. The molecule has 0 radical (unpaired) electrons. The maximum Gasteiger partial charge on any atom is 0.214 e. The fraction of sp³-hybridized carbons (Fsp3) is 0.389. The van der Waals surface area contributed by atoms with Crippen LogP contribution < -0.4 is 9.64 Å². The highest BCUT2D eigenvalue weighted by atomic mass is 32.2. The predicted octanol–water partition coefficient (Wildman–Crippen LogP) is 2.63. The molecule has 0 saturated carbocycles. The molecule has 0 aliphatic carbocycles. The van der Waals surface area contributed by atoms with Gasteiger partial charge in [0, 0.05) is 31.3 Å². The molecule has 0 amide bonds. The maximum absolute atomic E-state index is 9.36. The molecule has 0 aromatic carbocycles. The lowest BCUT2D eigenvalue weighted by molar-refractivity contribution is 0.221. The van der Waals surface area contributed by atoms with Crippen LogP contribution in [-0.2, 0) is 0 Å². The summed E-state index contributed by atoms with van der Waals surface area (Å²) in [5.74, 6) is 1.46. The van der Waals surface area contributed by atoms with Gasteiger partial charge < -0.3 is 9.64 Å². The summed E-state index contributed by atoms with van der Waals surface area (Å²) in [5.41, 5.74) is 1.03. The second-order valence-corrected chi connectivity index (χ2v) is 6.74. The predicted molar refractivity (Wildman–Crippen MR) is 97.9 cm³/mol. The number of anilines is 1. The van der Waals surface area contributed by atoms with Crippen molar-refractivity contribution < 1.29 is 4.74 Å². The minimum absolute atomic E-state index is 0.301. The van der Waals surface area contributed by atoms with Crippen LogP contribution in [0.3, 0.4) is 0 Å². The van der Waals surface area contributed by atoms with E-state index in [1.807, 2.05) is 6.26 Å². The molecule has 2 aromatic heterocycles. The Morgan fingerprint density at radius 2 is 2.23 bits per heavy atom. The average molecular weight is 366 g/mol. The van der Waals surface area contributed by atoms with Crippen LogP contribution in [0.25, 0.3) is 0 Å². The average Bonchev–Trinajstić information content (AvgIpc) is 2.72. The minimum Gasteiger partial charge on any atom is -0.477 e. The first-order chi connectivity index (χ1) is 12.7. The largest absolute Gasteiger partial charge is 0.477 e. The van der Waals surface area contributed by atoms with Gasteiger partial charge in [0.1, 0.15) is 11.6 Å². The number of nitrogens with zero attached hydrogens (tertiary/aromatic N) is 6. The number of hydrogen-bond donors (Lipinski definition) is 0. The van der Waals surface area contributed by atoms with Crippen molar-refractivity contribution in [1.82, 2.24) is 15.0 Å². The molecule has 26 heavy (non-hydrogen) atoms. The molecule has 1 saturated heterocycles. The van der Waals surface area contributed by atoms with E-state index in [-0.39, 0.29) is 0 Å². The zero-order valence-corrected chi connectivity index (χ0v) is 15.2. The van der Waals surface area contributed by atoms with Crippen LogP contribution in [0.5, 0.6) is 5.88 Å². The summed E-state index contributed by atoms with van der Waals surface area (Å²) >= 11 is 1.46. The topological polar surface area (TPSA) is 98.7 Å². The smallest absolute Gasteiger partial charge is 0.214 e. The molecule has 2 aromatic rings. The zero-order chi connectivity index (χ0) is 18.4. The van der Waals surface area contributed by atoms with Gasteiger partial charge in [0.05, 0.1) is 24.4 Å². The fourth-order valence-corrected chi connectivity index (χ4v) is 3.27. The molecule has 1 aliphatic heterocycles. The first-order valence-corrected chi connectivity index (χ1v) is 9.51. The Balaban J connectivity index is 1.68. The number of thioether (sulfide) groups is 1. The molecule has 1 atom stereocenters. The summed E-state index contributed by atoms with van der Waals surface area (Å²) in [5, 5.41) is 19.0. The fourth-order valence-electron chi connectivity index (χ4n) is 2.93. The van der Waals surface area contributed by atoms with Gasteiger partial charge in [-0.1, -0.05) is 11.8 Å². The lowest BCUT2D eigenvalue weighted by Crippen LogP contribution is -2.38. The molecule has 8 heteroatoms. The Kier molecular flexibility index (Phi) is 5.88. The Labute approximate surface area is 156 Å². The first-order valence-electron chi connectivity index (χ1n) is 8.28. The molecule has 3 rings (SSSR count). The summed E-state index contributed by atoms with van der Waals surface area (Å²) in [6, 6.07) is 7.56.